The summed E-state index contributed by atoms with van der Waals surface area (Å²) in [5.74, 6) is 0. The summed E-state index contributed by atoms with van der Waals surface area (Å²) in [4.78, 5) is 2.45. The Hall–Kier alpha value is -0.800. The summed E-state index contributed by atoms with van der Waals surface area (Å²) in [6, 6.07) is 15.4. The fourth-order valence-electron chi connectivity index (χ4n) is 2.79. The molecule has 1 heterocycles. The lowest BCUT2D eigenvalue weighted by molar-refractivity contribution is 0.760. The molecule has 2 aromatic carbocycles. The first kappa shape index (κ1) is 14.2. The number of rotatable bonds is 2. The average molecular weight is 395 g/mol. The number of anilines is 2. The van der Waals surface area contributed by atoms with Crippen LogP contribution in [0.3, 0.4) is 0 Å². The maximum atomic E-state index is 3.74. The molecule has 0 saturated heterocycles. The molecule has 0 aliphatic carbocycles. The van der Waals surface area contributed by atoms with E-state index in [1.54, 1.807) is 0 Å². The van der Waals surface area contributed by atoms with Crippen molar-refractivity contribution >= 4 is 43.2 Å². The van der Waals surface area contributed by atoms with Crippen molar-refractivity contribution in [3.63, 3.8) is 0 Å². The van der Waals surface area contributed by atoms with E-state index in [1.165, 1.54) is 46.2 Å². The highest BCUT2D eigenvalue weighted by atomic mass is 79.9. The summed E-state index contributed by atoms with van der Waals surface area (Å²) in [5.41, 5.74) is 5.38. The molecule has 1 nitrogen and oxygen atoms in total. The number of alkyl halides is 1. The highest BCUT2D eigenvalue weighted by molar-refractivity contribution is 9.10. The van der Waals surface area contributed by atoms with Crippen LogP contribution in [0.15, 0.2) is 46.9 Å². The summed E-state index contributed by atoms with van der Waals surface area (Å²) in [5, 5.41) is 0.891. The molecule has 0 bridgehead atoms. The Labute approximate surface area is 137 Å². The summed E-state index contributed by atoms with van der Waals surface area (Å²) in [6.45, 7) is 1.09. The number of nitrogens with zero attached hydrogens (tertiary/aromatic N) is 1. The Morgan fingerprint density at radius 3 is 2.65 bits per heavy atom. The molecule has 3 heteroatoms. The van der Waals surface area contributed by atoms with Crippen molar-refractivity contribution in [1.82, 2.24) is 0 Å². The molecule has 0 saturated carbocycles. The summed E-state index contributed by atoms with van der Waals surface area (Å²) >= 11 is 7.25. The number of fused-ring (bicyclic) bond motifs is 1. The predicted octanol–water partition coefficient (Wildman–Crippen LogP) is 5.82. The van der Waals surface area contributed by atoms with Gasteiger partial charge in [-0.05, 0) is 64.5 Å². The lowest BCUT2D eigenvalue weighted by Gasteiger charge is -2.26. The Morgan fingerprint density at radius 2 is 1.85 bits per heavy atom. The Balaban J connectivity index is 2.05. The van der Waals surface area contributed by atoms with Crippen LogP contribution in [-0.4, -0.2) is 6.54 Å². The quantitative estimate of drug-likeness (QED) is 0.580. The normalized spacial score (nSPS) is 14.8. The van der Waals surface area contributed by atoms with Crippen molar-refractivity contribution in [3.8, 4) is 0 Å². The first-order valence-electron chi connectivity index (χ1n) is 6.99. The molecule has 0 atom stereocenters. The largest absolute Gasteiger partial charge is 0.340 e. The molecule has 0 fully saturated rings. The minimum atomic E-state index is 0.891. The molecular weight excluding hydrogens is 378 g/mol. The maximum Gasteiger partial charge on any atom is 0.0555 e. The Kier molecular flexibility index (Phi) is 4.47. The Morgan fingerprint density at radius 1 is 1.00 bits per heavy atom. The highest BCUT2D eigenvalue weighted by Crippen LogP contribution is 2.37. The van der Waals surface area contributed by atoms with Gasteiger partial charge in [0, 0.05) is 22.0 Å². The van der Waals surface area contributed by atoms with E-state index in [2.05, 4.69) is 79.2 Å². The van der Waals surface area contributed by atoms with Gasteiger partial charge in [-0.3, -0.25) is 0 Å². The van der Waals surface area contributed by atoms with E-state index in [4.69, 9.17) is 0 Å². The minimum Gasteiger partial charge on any atom is -0.340 e. The van der Waals surface area contributed by atoms with Crippen LogP contribution in [0.25, 0.3) is 0 Å². The van der Waals surface area contributed by atoms with E-state index >= 15 is 0 Å². The van der Waals surface area contributed by atoms with Gasteiger partial charge in [-0.25, -0.2) is 0 Å². The lowest BCUT2D eigenvalue weighted by atomic mass is 10.1. The smallest absolute Gasteiger partial charge is 0.0555 e. The molecule has 1 aliphatic rings. The molecule has 0 radical (unpaired) electrons. The van der Waals surface area contributed by atoms with Crippen molar-refractivity contribution < 1.29 is 0 Å². The van der Waals surface area contributed by atoms with Crippen LogP contribution in [-0.2, 0) is 11.8 Å². The van der Waals surface area contributed by atoms with Gasteiger partial charge in [0.2, 0.25) is 0 Å². The number of hydrogen-bond donors (Lipinski definition) is 0. The first-order valence-corrected chi connectivity index (χ1v) is 8.91. The fourth-order valence-corrected chi connectivity index (χ4v) is 3.78. The van der Waals surface area contributed by atoms with Crippen molar-refractivity contribution in [2.45, 2.75) is 24.6 Å². The summed E-state index contributed by atoms with van der Waals surface area (Å²) < 4.78 is 1.17. The average Bonchev–Trinajstić information content (AvgIpc) is 2.69. The molecule has 0 unspecified atom stereocenters. The van der Waals surface area contributed by atoms with Crippen LogP contribution in [0.4, 0.5) is 11.4 Å². The number of aryl methyl sites for hydroxylation is 1. The molecule has 2 aromatic rings. The van der Waals surface area contributed by atoms with Gasteiger partial charge in [0.1, 0.15) is 0 Å². The second-order valence-electron chi connectivity index (χ2n) is 5.16. The van der Waals surface area contributed by atoms with Gasteiger partial charge in [-0.15, -0.1) is 0 Å². The fraction of sp³-hybridized carbons (Fsp3) is 0.294. The van der Waals surface area contributed by atoms with E-state index < -0.39 is 0 Å². The zero-order valence-electron chi connectivity index (χ0n) is 11.3. The van der Waals surface area contributed by atoms with Crippen molar-refractivity contribution in [1.29, 1.82) is 0 Å². The second-order valence-corrected chi connectivity index (χ2v) is 6.57. The van der Waals surface area contributed by atoms with Crippen LogP contribution in [0.5, 0.6) is 0 Å². The maximum absolute atomic E-state index is 3.74. The third-order valence-electron chi connectivity index (χ3n) is 3.82. The SMILES string of the molecule is BrCc1ccc(N2CCCCc3ccccc32)c(Br)c1. The zero-order valence-corrected chi connectivity index (χ0v) is 14.5. The van der Waals surface area contributed by atoms with E-state index in [9.17, 15) is 0 Å². The van der Waals surface area contributed by atoms with E-state index in [0.29, 0.717) is 0 Å². The monoisotopic (exact) mass is 393 g/mol. The molecule has 0 spiro atoms. The molecule has 20 heavy (non-hydrogen) atoms. The Bertz CT molecular complexity index is 610. The summed E-state index contributed by atoms with van der Waals surface area (Å²) in [7, 11) is 0. The molecule has 1 aliphatic heterocycles. The van der Waals surface area contributed by atoms with Crippen LogP contribution in [0.2, 0.25) is 0 Å². The van der Waals surface area contributed by atoms with Crippen LogP contribution >= 0.6 is 31.9 Å². The predicted molar refractivity (Wildman–Crippen MR) is 93.2 cm³/mol. The topological polar surface area (TPSA) is 3.24 Å². The molecule has 0 aromatic heterocycles. The molecule has 104 valence electrons. The van der Waals surface area contributed by atoms with Crippen molar-refractivity contribution in [2.75, 3.05) is 11.4 Å². The highest BCUT2D eigenvalue weighted by Gasteiger charge is 2.18. The lowest BCUT2D eigenvalue weighted by Crippen LogP contribution is -2.18. The number of hydrogen-bond acceptors (Lipinski definition) is 1. The van der Waals surface area contributed by atoms with Gasteiger partial charge < -0.3 is 4.90 Å². The first-order chi connectivity index (χ1) is 9.79. The van der Waals surface area contributed by atoms with Crippen molar-refractivity contribution in [2.24, 2.45) is 0 Å². The zero-order chi connectivity index (χ0) is 13.9. The van der Waals surface area contributed by atoms with Gasteiger partial charge in [0.15, 0.2) is 0 Å². The van der Waals surface area contributed by atoms with Crippen LogP contribution < -0.4 is 4.90 Å². The van der Waals surface area contributed by atoms with E-state index in [1.807, 2.05) is 0 Å². The van der Waals surface area contributed by atoms with Crippen LogP contribution in [0, 0.1) is 0 Å². The standard InChI is InChI=1S/C17H17Br2N/c18-12-13-8-9-17(15(19)11-13)20-10-4-3-6-14-5-1-2-7-16(14)20/h1-2,5,7-9,11H,3-4,6,10,12H2. The van der Waals surface area contributed by atoms with Gasteiger partial charge >= 0.3 is 0 Å². The molecule has 3 rings (SSSR count). The minimum absolute atomic E-state index is 0.891. The number of para-hydroxylation sites is 1. The van der Waals surface area contributed by atoms with Gasteiger partial charge in [-0.2, -0.15) is 0 Å². The second kappa shape index (κ2) is 6.31. The van der Waals surface area contributed by atoms with Crippen LogP contribution in [0.1, 0.15) is 24.0 Å². The van der Waals surface area contributed by atoms with Gasteiger partial charge in [0.05, 0.1) is 5.69 Å². The third kappa shape index (κ3) is 2.79. The number of halogens is 2. The molecule has 0 N–H and O–H groups in total. The van der Waals surface area contributed by atoms with Gasteiger partial charge in [0.25, 0.3) is 0 Å². The number of benzene rings is 2. The summed E-state index contributed by atoms with van der Waals surface area (Å²) in [6.07, 6.45) is 3.69. The van der Waals surface area contributed by atoms with E-state index in [0.717, 1.165) is 11.9 Å². The molecular formula is C17H17Br2N. The van der Waals surface area contributed by atoms with Crippen molar-refractivity contribution in [3.05, 3.63) is 58.1 Å². The third-order valence-corrected chi connectivity index (χ3v) is 5.10. The van der Waals surface area contributed by atoms with E-state index in [-0.39, 0.29) is 0 Å². The molecule has 0 amide bonds. The van der Waals surface area contributed by atoms with Gasteiger partial charge in [-0.1, -0.05) is 40.2 Å².